The summed E-state index contributed by atoms with van der Waals surface area (Å²) in [7, 11) is 0. The van der Waals surface area contributed by atoms with E-state index in [2.05, 4.69) is 10.3 Å². The predicted octanol–water partition coefficient (Wildman–Crippen LogP) is 0.898. The molecule has 0 unspecified atom stereocenters. The molecule has 0 radical (unpaired) electrons. The highest BCUT2D eigenvalue weighted by Gasteiger charge is 2.30. The van der Waals surface area contributed by atoms with Gasteiger partial charge in [0.25, 0.3) is 5.91 Å². The Labute approximate surface area is 148 Å². The summed E-state index contributed by atoms with van der Waals surface area (Å²) in [5.74, 6) is -0.281. The molecule has 0 saturated carbocycles. The fourth-order valence-corrected chi connectivity index (χ4v) is 2.96. The van der Waals surface area contributed by atoms with Gasteiger partial charge in [0.15, 0.2) is 0 Å². The molecule has 1 saturated heterocycles. The smallest absolute Gasteiger partial charge is 0.254 e. The molecule has 7 nitrogen and oxygen atoms in total. The third kappa shape index (κ3) is 4.35. The minimum absolute atomic E-state index is 0.00756. The quantitative estimate of drug-likeness (QED) is 0.878. The van der Waals surface area contributed by atoms with Crippen LogP contribution in [-0.2, 0) is 9.59 Å². The Bertz CT molecular complexity index is 674. The van der Waals surface area contributed by atoms with Gasteiger partial charge in [0.2, 0.25) is 11.8 Å². The lowest BCUT2D eigenvalue weighted by Gasteiger charge is -2.40. The van der Waals surface area contributed by atoms with Gasteiger partial charge in [-0.3, -0.25) is 19.4 Å². The lowest BCUT2D eigenvalue weighted by atomic mass is 10.1. The van der Waals surface area contributed by atoms with Gasteiger partial charge < -0.3 is 15.1 Å². The zero-order valence-corrected chi connectivity index (χ0v) is 15.3. The van der Waals surface area contributed by atoms with Crippen molar-refractivity contribution in [3.8, 4) is 0 Å². The summed E-state index contributed by atoms with van der Waals surface area (Å²) >= 11 is 0. The molecule has 0 aliphatic carbocycles. The van der Waals surface area contributed by atoms with E-state index in [4.69, 9.17) is 0 Å². The second kappa shape index (κ2) is 8.09. The maximum atomic E-state index is 12.8. The van der Waals surface area contributed by atoms with Crippen LogP contribution in [0.2, 0.25) is 0 Å². The molecule has 0 spiro atoms. The maximum absolute atomic E-state index is 12.8. The first-order chi connectivity index (χ1) is 11.8. The van der Waals surface area contributed by atoms with Crippen molar-refractivity contribution < 1.29 is 14.4 Å². The highest BCUT2D eigenvalue weighted by molar-refractivity contribution is 5.96. The average Bonchev–Trinajstić information content (AvgIpc) is 2.61. The first-order valence-corrected chi connectivity index (χ1v) is 8.62. The number of piperazine rings is 1. The number of nitrogens with one attached hydrogen (secondary N) is 1. The molecule has 2 heterocycles. The van der Waals surface area contributed by atoms with Gasteiger partial charge in [0.1, 0.15) is 0 Å². The van der Waals surface area contributed by atoms with Crippen molar-refractivity contribution in [1.29, 1.82) is 0 Å². The summed E-state index contributed by atoms with van der Waals surface area (Å²) < 4.78 is 0. The van der Waals surface area contributed by atoms with Gasteiger partial charge in [0, 0.05) is 49.6 Å². The Balaban J connectivity index is 1.99. The van der Waals surface area contributed by atoms with Crippen molar-refractivity contribution >= 4 is 17.7 Å². The van der Waals surface area contributed by atoms with Gasteiger partial charge in [-0.1, -0.05) is 6.92 Å². The summed E-state index contributed by atoms with van der Waals surface area (Å²) in [5, 5.41) is 2.61. The van der Waals surface area contributed by atoms with Crippen molar-refractivity contribution in [2.24, 2.45) is 0 Å². The normalized spacial score (nSPS) is 17.4. The van der Waals surface area contributed by atoms with Crippen LogP contribution in [0.15, 0.2) is 12.3 Å². The predicted molar refractivity (Wildman–Crippen MR) is 94.1 cm³/mol. The molecule has 1 fully saturated rings. The largest absolute Gasteiger partial charge is 0.347 e. The fourth-order valence-electron chi connectivity index (χ4n) is 2.96. The van der Waals surface area contributed by atoms with Gasteiger partial charge in [-0.25, -0.2) is 0 Å². The third-order valence-corrected chi connectivity index (χ3v) is 4.68. The molecule has 1 atom stereocenters. The lowest BCUT2D eigenvalue weighted by molar-refractivity contribution is -0.136. The van der Waals surface area contributed by atoms with Crippen LogP contribution < -0.4 is 5.32 Å². The Morgan fingerprint density at radius 3 is 2.64 bits per heavy atom. The van der Waals surface area contributed by atoms with E-state index in [0.717, 1.165) is 11.3 Å². The van der Waals surface area contributed by atoms with Crippen LogP contribution in [-0.4, -0.2) is 64.7 Å². The molecule has 2 rings (SSSR count). The van der Waals surface area contributed by atoms with Crippen molar-refractivity contribution in [3.63, 3.8) is 0 Å². The molecule has 25 heavy (non-hydrogen) atoms. The maximum Gasteiger partial charge on any atom is 0.254 e. The molecular formula is C18H26N4O3. The van der Waals surface area contributed by atoms with Gasteiger partial charge >= 0.3 is 0 Å². The number of hydrogen-bond acceptors (Lipinski definition) is 4. The number of nitrogens with zero attached hydrogens (tertiary/aromatic N) is 3. The number of amides is 3. The molecule has 1 aliphatic heterocycles. The molecule has 7 heteroatoms. The SMILES string of the molecule is CCC(=O)NCC(=O)N1CCN(C(=O)c2ccnc(C)c2C)C[C@H]1C. The molecule has 1 N–H and O–H groups in total. The highest BCUT2D eigenvalue weighted by atomic mass is 16.2. The summed E-state index contributed by atoms with van der Waals surface area (Å²) in [4.78, 5) is 44.1. The molecular weight excluding hydrogens is 320 g/mol. The van der Waals surface area contributed by atoms with E-state index in [9.17, 15) is 14.4 Å². The topological polar surface area (TPSA) is 82.6 Å². The molecule has 1 aromatic rings. The number of carbonyl (C=O) groups excluding carboxylic acids is 3. The van der Waals surface area contributed by atoms with Crippen LogP contribution in [0.1, 0.15) is 41.9 Å². The minimum atomic E-state index is -0.140. The summed E-state index contributed by atoms with van der Waals surface area (Å²) in [6.07, 6.45) is 2.00. The summed E-state index contributed by atoms with van der Waals surface area (Å²) in [5.41, 5.74) is 2.40. The van der Waals surface area contributed by atoms with E-state index in [1.165, 1.54) is 0 Å². The average molecular weight is 346 g/mol. The molecule has 1 aromatic heterocycles. The molecule has 1 aliphatic rings. The Hall–Kier alpha value is -2.44. The van der Waals surface area contributed by atoms with Crippen molar-refractivity contribution in [3.05, 3.63) is 29.1 Å². The van der Waals surface area contributed by atoms with Gasteiger partial charge in [-0.05, 0) is 32.4 Å². The number of pyridine rings is 1. The van der Waals surface area contributed by atoms with Gasteiger partial charge in [-0.15, -0.1) is 0 Å². The van der Waals surface area contributed by atoms with Gasteiger partial charge in [0.05, 0.1) is 6.54 Å². The van der Waals surface area contributed by atoms with Gasteiger partial charge in [-0.2, -0.15) is 0 Å². The molecule has 0 bridgehead atoms. The zero-order chi connectivity index (χ0) is 18.6. The number of rotatable bonds is 4. The van der Waals surface area contributed by atoms with E-state index in [1.54, 1.807) is 29.0 Å². The Morgan fingerprint density at radius 2 is 2.00 bits per heavy atom. The first kappa shape index (κ1) is 18.9. The van der Waals surface area contributed by atoms with E-state index in [-0.39, 0.29) is 30.3 Å². The second-order valence-corrected chi connectivity index (χ2v) is 6.39. The molecule has 3 amide bonds. The zero-order valence-electron chi connectivity index (χ0n) is 15.3. The van der Waals surface area contributed by atoms with E-state index in [1.807, 2.05) is 20.8 Å². The second-order valence-electron chi connectivity index (χ2n) is 6.39. The first-order valence-electron chi connectivity index (χ1n) is 8.62. The molecule has 0 aromatic carbocycles. The summed E-state index contributed by atoms with van der Waals surface area (Å²) in [6, 6.07) is 1.65. The van der Waals surface area contributed by atoms with Crippen LogP contribution in [0, 0.1) is 13.8 Å². The van der Waals surface area contributed by atoms with Crippen molar-refractivity contribution in [2.45, 2.75) is 40.2 Å². The number of hydrogen-bond donors (Lipinski definition) is 1. The monoisotopic (exact) mass is 346 g/mol. The third-order valence-electron chi connectivity index (χ3n) is 4.68. The number of carbonyl (C=O) groups is 3. The lowest BCUT2D eigenvalue weighted by Crippen LogP contribution is -2.57. The Morgan fingerprint density at radius 1 is 1.28 bits per heavy atom. The highest BCUT2D eigenvalue weighted by Crippen LogP contribution is 2.17. The number of aromatic nitrogens is 1. The van der Waals surface area contributed by atoms with Crippen LogP contribution in [0.3, 0.4) is 0 Å². The fraction of sp³-hybridized carbons (Fsp3) is 0.556. The van der Waals surface area contributed by atoms with E-state index in [0.29, 0.717) is 31.6 Å². The molecule has 136 valence electrons. The van der Waals surface area contributed by atoms with Crippen LogP contribution in [0.4, 0.5) is 0 Å². The number of aryl methyl sites for hydroxylation is 1. The Kier molecular flexibility index (Phi) is 6.12. The van der Waals surface area contributed by atoms with Crippen LogP contribution >= 0.6 is 0 Å². The van der Waals surface area contributed by atoms with Crippen molar-refractivity contribution in [2.75, 3.05) is 26.2 Å². The van der Waals surface area contributed by atoms with Crippen LogP contribution in [0.25, 0.3) is 0 Å². The summed E-state index contributed by atoms with van der Waals surface area (Å²) in [6.45, 7) is 8.89. The van der Waals surface area contributed by atoms with E-state index < -0.39 is 0 Å². The van der Waals surface area contributed by atoms with Crippen molar-refractivity contribution in [1.82, 2.24) is 20.1 Å². The minimum Gasteiger partial charge on any atom is -0.347 e. The van der Waals surface area contributed by atoms with Crippen LogP contribution in [0.5, 0.6) is 0 Å². The standard InChI is InChI=1S/C18H26N4O3/c1-5-16(23)20-10-17(24)22-9-8-21(11-12(22)2)18(25)15-6-7-19-14(4)13(15)3/h6-7,12H,5,8-11H2,1-4H3,(H,20,23)/t12-/m1/s1. The van der Waals surface area contributed by atoms with E-state index >= 15 is 0 Å².